The van der Waals surface area contributed by atoms with Crippen LogP contribution in [0.15, 0.2) is 16.8 Å². The van der Waals surface area contributed by atoms with Crippen LogP contribution in [0, 0.1) is 11.8 Å². The summed E-state index contributed by atoms with van der Waals surface area (Å²) in [6, 6.07) is 2.71. The van der Waals surface area contributed by atoms with E-state index >= 15 is 0 Å². The predicted molar refractivity (Wildman–Crippen MR) is 94.7 cm³/mol. The van der Waals surface area contributed by atoms with E-state index in [0.717, 1.165) is 32.0 Å². The molecule has 4 heteroatoms. The van der Waals surface area contributed by atoms with E-state index in [2.05, 4.69) is 27.0 Å². The Balaban J connectivity index is 1.57. The summed E-state index contributed by atoms with van der Waals surface area (Å²) in [6.07, 6.45) is 7.92. The number of thiophene rings is 1. The van der Waals surface area contributed by atoms with Crippen molar-refractivity contribution in [3.8, 4) is 0 Å². The number of piperidine rings is 1. The average molecular weight is 323 g/mol. The number of hydrogen-bond donors (Lipinski definition) is 2. The summed E-state index contributed by atoms with van der Waals surface area (Å²) < 4.78 is 0. The maximum absolute atomic E-state index is 10.1. The molecule has 3 rings (SSSR count). The normalized spacial score (nSPS) is 28.7. The maximum atomic E-state index is 10.1. The van der Waals surface area contributed by atoms with Crippen molar-refractivity contribution in [3.05, 3.63) is 16.8 Å². The summed E-state index contributed by atoms with van der Waals surface area (Å²) in [5.41, 5.74) is 1.32. The third kappa shape index (κ3) is 4.24. The third-order valence-electron chi connectivity index (χ3n) is 5.46. The molecule has 1 aromatic heterocycles. The van der Waals surface area contributed by atoms with Gasteiger partial charge in [0, 0.05) is 36.1 Å². The lowest BCUT2D eigenvalue weighted by Crippen LogP contribution is -2.52. The van der Waals surface area contributed by atoms with Crippen LogP contribution in [0.5, 0.6) is 0 Å². The predicted octanol–water partition coefficient (Wildman–Crippen LogP) is 3.49. The first-order valence-corrected chi connectivity index (χ1v) is 9.85. The number of nitrogens with zero attached hydrogens (tertiary/aromatic N) is 1. The van der Waals surface area contributed by atoms with Crippen LogP contribution >= 0.6 is 11.3 Å². The molecule has 1 saturated heterocycles. The molecule has 1 aromatic rings. The fourth-order valence-corrected chi connectivity index (χ4v) is 4.67. The van der Waals surface area contributed by atoms with Crippen molar-refractivity contribution in [2.24, 2.45) is 11.8 Å². The molecule has 1 saturated carbocycles. The van der Waals surface area contributed by atoms with Gasteiger partial charge in [-0.2, -0.15) is 11.3 Å². The van der Waals surface area contributed by atoms with Crippen molar-refractivity contribution in [3.63, 3.8) is 0 Å². The van der Waals surface area contributed by atoms with Gasteiger partial charge in [-0.15, -0.1) is 0 Å². The van der Waals surface area contributed by atoms with Gasteiger partial charge in [0.2, 0.25) is 0 Å². The standard InChI is InChI=1S/C18H30N2OS/c1-14(21)16-9-17(19-10-15-5-3-2-4-6-15)12-20(11-16)18-7-8-22-13-18/h7-8,13-17,19,21H,2-6,9-12H2,1H3. The first-order chi connectivity index (χ1) is 10.7. The number of aliphatic hydroxyl groups excluding tert-OH is 1. The minimum Gasteiger partial charge on any atom is -0.393 e. The lowest BCUT2D eigenvalue weighted by atomic mass is 9.87. The van der Waals surface area contributed by atoms with Crippen LogP contribution in [0.25, 0.3) is 0 Å². The Bertz CT molecular complexity index is 428. The minimum absolute atomic E-state index is 0.222. The van der Waals surface area contributed by atoms with E-state index in [1.54, 1.807) is 11.3 Å². The molecule has 22 heavy (non-hydrogen) atoms. The van der Waals surface area contributed by atoms with Crippen LogP contribution < -0.4 is 10.2 Å². The number of aliphatic hydroxyl groups is 1. The molecule has 2 heterocycles. The smallest absolute Gasteiger partial charge is 0.0557 e. The zero-order chi connectivity index (χ0) is 15.4. The molecule has 0 aromatic carbocycles. The van der Waals surface area contributed by atoms with Crippen molar-refractivity contribution >= 4 is 17.0 Å². The summed E-state index contributed by atoms with van der Waals surface area (Å²) in [6.45, 7) is 5.16. The van der Waals surface area contributed by atoms with Crippen molar-refractivity contribution in [2.75, 3.05) is 24.5 Å². The average Bonchev–Trinajstić information content (AvgIpc) is 3.08. The van der Waals surface area contributed by atoms with Gasteiger partial charge in [0.15, 0.2) is 0 Å². The van der Waals surface area contributed by atoms with Gasteiger partial charge in [-0.25, -0.2) is 0 Å². The Hall–Kier alpha value is -0.580. The highest BCUT2D eigenvalue weighted by Gasteiger charge is 2.30. The van der Waals surface area contributed by atoms with Crippen LogP contribution in [0.1, 0.15) is 45.4 Å². The van der Waals surface area contributed by atoms with Gasteiger partial charge in [0.25, 0.3) is 0 Å². The minimum atomic E-state index is -0.222. The molecule has 3 atom stereocenters. The maximum Gasteiger partial charge on any atom is 0.0557 e. The van der Waals surface area contributed by atoms with Crippen LogP contribution in [0.3, 0.4) is 0 Å². The van der Waals surface area contributed by atoms with Gasteiger partial charge in [0.05, 0.1) is 6.10 Å². The van der Waals surface area contributed by atoms with Crippen molar-refractivity contribution in [1.29, 1.82) is 0 Å². The summed E-state index contributed by atoms with van der Waals surface area (Å²) in [7, 11) is 0. The molecule has 3 unspecified atom stereocenters. The zero-order valence-corrected chi connectivity index (χ0v) is 14.5. The second-order valence-corrected chi connectivity index (χ2v) is 8.01. The molecule has 0 radical (unpaired) electrons. The summed E-state index contributed by atoms with van der Waals surface area (Å²) in [5.74, 6) is 1.24. The van der Waals surface area contributed by atoms with Crippen molar-refractivity contribution in [2.45, 2.75) is 57.6 Å². The van der Waals surface area contributed by atoms with Gasteiger partial charge in [0.1, 0.15) is 0 Å². The van der Waals surface area contributed by atoms with Crippen LogP contribution in [0.4, 0.5) is 5.69 Å². The van der Waals surface area contributed by atoms with E-state index in [1.807, 2.05) is 6.92 Å². The second-order valence-electron chi connectivity index (χ2n) is 7.23. The monoisotopic (exact) mass is 322 g/mol. The molecule has 2 N–H and O–H groups in total. The lowest BCUT2D eigenvalue weighted by molar-refractivity contribution is 0.105. The highest BCUT2D eigenvalue weighted by Crippen LogP contribution is 2.28. The molecule has 1 aliphatic carbocycles. The van der Waals surface area contributed by atoms with Crippen molar-refractivity contribution < 1.29 is 5.11 Å². The van der Waals surface area contributed by atoms with E-state index in [-0.39, 0.29) is 6.10 Å². The number of hydrogen-bond acceptors (Lipinski definition) is 4. The molecule has 0 spiro atoms. The Labute approximate surface area is 138 Å². The SMILES string of the molecule is CC(O)C1CC(NCC2CCCCC2)CN(c2ccsc2)C1. The topological polar surface area (TPSA) is 35.5 Å². The van der Waals surface area contributed by atoms with Gasteiger partial charge in [-0.05, 0) is 50.1 Å². The van der Waals surface area contributed by atoms with Gasteiger partial charge >= 0.3 is 0 Å². The van der Waals surface area contributed by atoms with Crippen molar-refractivity contribution in [1.82, 2.24) is 5.32 Å². The van der Waals surface area contributed by atoms with E-state index in [4.69, 9.17) is 0 Å². The van der Waals surface area contributed by atoms with E-state index in [9.17, 15) is 5.11 Å². The number of nitrogens with one attached hydrogen (secondary N) is 1. The number of anilines is 1. The highest BCUT2D eigenvalue weighted by atomic mass is 32.1. The molecule has 0 bridgehead atoms. The summed E-state index contributed by atoms with van der Waals surface area (Å²) in [5, 5.41) is 18.3. The fraction of sp³-hybridized carbons (Fsp3) is 0.778. The first-order valence-electron chi connectivity index (χ1n) is 8.91. The molecular formula is C18H30N2OS. The van der Waals surface area contributed by atoms with E-state index in [0.29, 0.717) is 12.0 Å². The molecule has 2 fully saturated rings. The molecule has 3 nitrogen and oxygen atoms in total. The fourth-order valence-electron chi connectivity index (χ4n) is 4.01. The Morgan fingerprint density at radius 2 is 2.14 bits per heavy atom. The quantitative estimate of drug-likeness (QED) is 0.871. The summed E-state index contributed by atoms with van der Waals surface area (Å²) >= 11 is 1.76. The van der Waals surface area contributed by atoms with E-state index < -0.39 is 0 Å². The number of rotatable bonds is 5. The van der Waals surface area contributed by atoms with Crippen LogP contribution in [0.2, 0.25) is 0 Å². The zero-order valence-electron chi connectivity index (χ0n) is 13.7. The lowest BCUT2D eigenvalue weighted by Gasteiger charge is -2.40. The van der Waals surface area contributed by atoms with E-state index in [1.165, 1.54) is 37.8 Å². The summed E-state index contributed by atoms with van der Waals surface area (Å²) in [4.78, 5) is 2.45. The Morgan fingerprint density at radius 3 is 2.82 bits per heavy atom. The largest absolute Gasteiger partial charge is 0.393 e. The highest BCUT2D eigenvalue weighted by molar-refractivity contribution is 7.08. The molecule has 0 amide bonds. The first kappa shape index (κ1) is 16.3. The molecule has 124 valence electrons. The Morgan fingerprint density at radius 1 is 1.32 bits per heavy atom. The molecule has 2 aliphatic rings. The van der Waals surface area contributed by atoms with Gasteiger partial charge in [-0.3, -0.25) is 0 Å². The third-order valence-corrected chi connectivity index (χ3v) is 6.13. The van der Waals surface area contributed by atoms with Crippen LogP contribution in [-0.2, 0) is 0 Å². The molecule has 1 aliphatic heterocycles. The Kier molecular flexibility index (Phi) is 5.77. The second kappa shape index (κ2) is 7.80. The van der Waals surface area contributed by atoms with Gasteiger partial charge in [-0.1, -0.05) is 19.3 Å². The molecular weight excluding hydrogens is 292 g/mol. The van der Waals surface area contributed by atoms with Gasteiger partial charge < -0.3 is 15.3 Å². The van der Waals surface area contributed by atoms with Crippen LogP contribution in [-0.4, -0.2) is 36.9 Å².